The van der Waals surface area contributed by atoms with Gasteiger partial charge in [-0.15, -0.1) is 11.8 Å². The molecule has 2 aliphatic heterocycles. The molecule has 2 aromatic rings. The Kier molecular flexibility index (Phi) is 7.99. The Hall–Kier alpha value is -2.20. The fraction of sp³-hybridized carbons (Fsp3) is 0.586. The van der Waals surface area contributed by atoms with Crippen molar-refractivity contribution in [1.82, 2.24) is 20.1 Å². The maximum atomic E-state index is 13.2. The van der Waals surface area contributed by atoms with Crippen LogP contribution in [-0.4, -0.2) is 72.0 Å². The van der Waals surface area contributed by atoms with Crippen molar-refractivity contribution < 1.29 is 14.3 Å². The highest BCUT2D eigenvalue weighted by atomic mass is 35.5. The summed E-state index contributed by atoms with van der Waals surface area (Å²) in [6.07, 6.45) is 6.20. The van der Waals surface area contributed by atoms with Gasteiger partial charge in [0.1, 0.15) is 0 Å². The highest BCUT2D eigenvalue weighted by molar-refractivity contribution is 7.98. The summed E-state index contributed by atoms with van der Waals surface area (Å²) >= 11 is 8.12. The van der Waals surface area contributed by atoms with Gasteiger partial charge in [-0.1, -0.05) is 11.6 Å². The molecule has 1 atom stereocenters. The van der Waals surface area contributed by atoms with Crippen LogP contribution in [-0.2, 0) is 6.54 Å². The number of fused-ring (bicyclic) bond motifs is 1. The van der Waals surface area contributed by atoms with E-state index in [0.29, 0.717) is 45.3 Å². The third-order valence-electron chi connectivity index (χ3n) is 8.74. The average molecular weight is 575 g/mol. The van der Waals surface area contributed by atoms with E-state index in [1.54, 1.807) is 6.07 Å². The number of H-pyrrole nitrogens is 1. The molecule has 2 fully saturated rings. The SMILES string of the molecule is CSc1cc(C)[nH]c(=O)c1CNC(=O)c1cc(Cl)c2c(c1C)O[C@@](C)([C@H]1CC[C@H](N3CC(N(C)C)C3)CC1)O2. The first-order valence-electron chi connectivity index (χ1n) is 13.7. The van der Waals surface area contributed by atoms with E-state index in [1.807, 2.05) is 33.1 Å². The van der Waals surface area contributed by atoms with E-state index in [0.717, 1.165) is 49.4 Å². The van der Waals surface area contributed by atoms with Crippen LogP contribution in [0.5, 0.6) is 11.5 Å². The molecule has 1 aliphatic carbocycles. The third kappa shape index (κ3) is 5.43. The lowest BCUT2D eigenvalue weighted by Crippen LogP contribution is -2.61. The highest BCUT2D eigenvalue weighted by Gasteiger charge is 2.48. The number of amides is 1. The molecule has 39 heavy (non-hydrogen) atoms. The van der Waals surface area contributed by atoms with E-state index in [2.05, 4.69) is 34.2 Å². The molecular formula is C29H39ClN4O4S. The lowest BCUT2D eigenvalue weighted by molar-refractivity contribution is -0.127. The summed E-state index contributed by atoms with van der Waals surface area (Å²) in [5.41, 5.74) is 2.22. The molecule has 0 unspecified atom stereocenters. The summed E-state index contributed by atoms with van der Waals surface area (Å²) in [5.74, 6) is 0.143. The van der Waals surface area contributed by atoms with Crippen molar-refractivity contribution in [3.63, 3.8) is 0 Å². The fourth-order valence-electron chi connectivity index (χ4n) is 6.13. The molecular weight excluding hydrogens is 536 g/mol. The van der Waals surface area contributed by atoms with Crippen LogP contribution < -0.4 is 20.3 Å². The second-order valence-electron chi connectivity index (χ2n) is 11.5. The number of hydrogen-bond donors (Lipinski definition) is 2. The van der Waals surface area contributed by atoms with Gasteiger partial charge in [0.25, 0.3) is 17.3 Å². The summed E-state index contributed by atoms with van der Waals surface area (Å²) < 4.78 is 12.9. The number of benzene rings is 1. The number of nitrogens with one attached hydrogen (secondary N) is 2. The van der Waals surface area contributed by atoms with Crippen molar-refractivity contribution in [2.75, 3.05) is 33.4 Å². The minimum atomic E-state index is -0.819. The van der Waals surface area contributed by atoms with Gasteiger partial charge in [0.05, 0.1) is 5.02 Å². The second kappa shape index (κ2) is 11.0. The van der Waals surface area contributed by atoms with Gasteiger partial charge in [-0.05, 0) is 72.0 Å². The van der Waals surface area contributed by atoms with Crippen LogP contribution in [0.2, 0.25) is 5.02 Å². The standard InChI is InChI=1S/C29H39ClN4O4S/c1-16-11-24(39-6)22(28(36)32-16)13-31-27(35)21-12-23(30)26-25(17(21)2)37-29(3,38-26)18-7-9-19(10-8-18)34-14-20(15-34)33(4)5/h11-12,18-20H,7-10,13-15H2,1-6H3,(H,31,35)(H,32,36)/t18-,19-,29-/m1/s1. The van der Waals surface area contributed by atoms with Crippen LogP contribution in [0.4, 0.5) is 0 Å². The first kappa shape index (κ1) is 28.3. The number of pyridine rings is 1. The molecule has 1 aromatic carbocycles. The molecule has 10 heteroatoms. The molecule has 0 spiro atoms. The first-order chi connectivity index (χ1) is 18.5. The van der Waals surface area contributed by atoms with Gasteiger partial charge in [-0.25, -0.2) is 0 Å². The topological polar surface area (TPSA) is 86.9 Å². The van der Waals surface area contributed by atoms with Gasteiger partial charge in [-0.2, -0.15) is 0 Å². The molecule has 3 heterocycles. The predicted molar refractivity (Wildman–Crippen MR) is 155 cm³/mol. The number of likely N-dealkylation sites (tertiary alicyclic amines) is 1. The molecule has 1 saturated heterocycles. The van der Waals surface area contributed by atoms with Crippen molar-refractivity contribution in [2.24, 2.45) is 5.92 Å². The molecule has 3 aliphatic rings. The number of carbonyl (C=O) groups excluding carboxylic acids is 1. The summed E-state index contributed by atoms with van der Waals surface area (Å²) in [7, 11) is 4.31. The number of thioether (sulfide) groups is 1. The molecule has 212 valence electrons. The van der Waals surface area contributed by atoms with Crippen LogP contribution in [0.1, 0.15) is 59.8 Å². The number of aromatic nitrogens is 1. The molecule has 1 amide bonds. The van der Waals surface area contributed by atoms with E-state index < -0.39 is 5.79 Å². The van der Waals surface area contributed by atoms with Gasteiger partial charge >= 0.3 is 0 Å². The van der Waals surface area contributed by atoms with Crippen molar-refractivity contribution in [1.29, 1.82) is 0 Å². The maximum absolute atomic E-state index is 13.2. The summed E-state index contributed by atoms with van der Waals surface area (Å²) in [5, 5.41) is 3.25. The Bertz CT molecular complexity index is 1320. The Morgan fingerprint density at radius 1 is 1.18 bits per heavy atom. The highest BCUT2D eigenvalue weighted by Crippen LogP contribution is 2.52. The van der Waals surface area contributed by atoms with Crippen molar-refractivity contribution in [2.45, 2.75) is 75.8 Å². The van der Waals surface area contributed by atoms with Crippen molar-refractivity contribution >= 4 is 29.3 Å². The van der Waals surface area contributed by atoms with E-state index in [9.17, 15) is 9.59 Å². The lowest BCUT2D eigenvalue weighted by atomic mass is 9.80. The number of rotatable bonds is 7. The van der Waals surface area contributed by atoms with Crippen molar-refractivity contribution in [3.05, 3.63) is 49.9 Å². The van der Waals surface area contributed by atoms with E-state index in [4.69, 9.17) is 21.1 Å². The van der Waals surface area contributed by atoms with Crippen LogP contribution in [0.25, 0.3) is 0 Å². The molecule has 0 bridgehead atoms. The zero-order valence-electron chi connectivity index (χ0n) is 23.7. The number of halogens is 1. The predicted octanol–water partition coefficient (Wildman–Crippen LogP) is 4.59. The third-order valence-corrected chi connectivity index (χ3v) is 9.83. The Morgan fingerprint density at radius 3 is 2.49 bits per heavy atom. The number of aryl methyl sites for hydroxylation is 1. The Morgan fingerprint density at radius 2 is 1.85 bits per heavy atom. The lowest BCUT2D eigenvalue weighted by Gasteiger charge is -2.49. The van der Waals surface area contributed by atoms with Crippen LogP contribution in [0.3, 0.4) is 0 Å². The van der Waals surface area contributed by atoms with E-state index >= 15 is 0 Å². The van der Waals surface area contributed by atoms with E-state index in [1.165, 1.54) is 11.8 Å². The summed E-state index contributed by atoms with van der Waals surface area (Å²) in [6, 6.07) is 4.83. The summed E-state index contributed by atoms with van der Waals surface area (Å²) in [6.45, 7) is 8.10. The van der Waals surface area contributed by atoms with Crippen LogP contribution >= 0.6 is 23.4 Å². The van der Waals surface area contributed by atoms with Gasteiger partial charge in [0.15, 0.2) is 11.5 Å². The number of likely N-dealkylation sites (N-methyl/N-ethyl adjacent to an activating group) is 1. The average Bonchev–Trinajstić information content (AvgIpc) is 3.24. The minimum Gasteiger partial charge on any atom is -0.448 e. The normalized spacial score (nSPS) is 25.1. The molecule has 8 nitrogen and oxygen atoms in total. The van der Waals surface area contributed by atoms with Gasteiger partial charge < -0.3 is 24.7 Å². The molecule has 1 aromatic heterocycles. The smallest absolute Gasteiger partial charge is 0.254 e. The number of hydrogen-bond acceptors (Lipinski definition) is 7. The minimum absolute atomic E-state index is 0.114. The maximum Gasteiger partial charge on any atom is 0.254 e. The molecule has 0 radical (unpaired) electrons. The number of ether oxygens (including phenoxy) is 2. The molecule has 1 saturated carbocycles. The van der Waals surface area contributed by atoms with Crippen molar-refractivity contribution in [3.8, 4) is 11.5 Å². The van der Waals surface area contributed by atoms with E-state index in [-0.39, 0.29) is 23.9 Å². The van der Waals surface area contributed by atoms with Gasteiger partial charge in [0, 0.05) is 71.8 Å². The van der Waals surface area contributed by atoms with Gasteiger partial charge in [-0.3, -0.25) is 14.5 Å². The zero-order chi connectivity index (χ0) is 28.1. The zero-order valence-corrected chi connectivity index (χ0v) is 25.2. The number of carbonyl (C=O) groups is 1. The quantitative estimate of drug-likeness (QED) is 0.468. The summed E-state index contributed by atoms with van der Waals surface area (Å²) in [4.78, 5) is 34.3. The monoisotopic (exact) mass is 574 g/mol. The molecule has 2 N–H and O–H groups in total. The number of nitrogens with zero attached hydrogens (tertiary/aromatic N) is 2. The largest absolute Gasteiger partial charge is 0.448 e. The Labute approximate surface area is 239 Å². The van der Waals surface area contributed by atoms with Crippen LogP contribution in [0.15, 0.2) is 21.8 Å². The number of aromatic amines is 1. The Balaban J connectivity index is 1.26. The fourth-order valence-corrected chi connectivity index (χ4v) is 7.07. The van der Waals surface area contributed by atoms with Gasteiger partial charge in [0.2, 0.25) is 0 Å². The van der Waals surface area contributed by atoms with Crippen LogP contribution in [0, 0.1) is 19.8 Å². The first-order valence-corrected chi connectivity index (χ1v) is 15.3. The molecule has 5 rings (SSSR count). The second-order valence-corrected chi connectivity index (χ2v) is 12.8.